The van der Waals surface area contributed by atoms with E-state index in [1.807, 2.05) is 12.1 Å². The molecule has 0 fully saturated rings. The number of carbonyl (C=O) groups excluding carboxylic acids is 1. The normalized spacial score (nSPS) is 15.4. The quantitative estimate of drug-likeness (QED) is 0.168. The fourth-order valence-electron chi connectivity index (χ4n) is 9.04. The lowest BCUT2D eigenvalue weighted by Gasteiger charge is -2.30. The highest BCUT2D eigenvalue weighted by molar-refractivity contribution is 6.11. The molecule has 0 bridgehead atoms. The molecule has 3 aliphatic carbocycles. The van der Waals surface area contributed by atoms with Gasteiger partial charge in [-0.05, 0) is 102 Å². The summed E-state index contributed by atoms with van der Waals surface area (Å²) in [6.45, 7) is 4.44. The average molecular weight is 663 g/mol. The number of ketones is 1. The lowest BCUT2D eigenvalue weighted by atomic mass is 9.70. The highest BCUT2D eigenvalue weighted by Crippen LogP contribution is 2.62. The van der Waals surface area contributed by atoms with E-state index in [9.17, 15) is 4.79 Å². The minimum absolute atomic E-state index is 0.00908. The van der Waals surface area contributed by atoms with E-state index in [-0.39, 0.29) is 5.78 Å². The lowest BCUT2D eigenvalue weighted by molar-refractivity contribution is 0.103. The van der Waals surface area contributed by atoms with Gasteiger partial charge in [0.2, 0.25) is 0 Å². The smallest absolute Gasteiger partial charge is 0.193 e. The zero-order valence-corrected chi connectivity index (χ0v) is 28.6. The molecule has 1 spiro atoms. The Morgan fingerprint density at radius 2 is 0.923 bits per heavy atom. The summed E-state index contributed by atoms with van der Waals surface area (Å²) in [6, 6.07) is 55.9. The van der Waals surface area contributed by atoms with Crippen LogP contribution in [0.4, 0.5) is 0 Å². The van der Waals surface area contributed by atoms with Crippen LogP contribution in [0.25, 0.3) is 50.1 Å². The van der Waals surface area contributed by atoms with Crippen molar-refractivity contribution >= 4 is 11.4 Å². The van der Waals surface area contributed by atoms with Crippen LogP contribution in [-0.4, -0.2) is 5.78 Å². The molecule has 1 heteroatoms. The average Bonchev–Trinajstić information content (AvgIpc) is 3.67. The predicted octanol–water partition coefficient (Wildman–Crippen LogP) is 12.3. The molecule has 1 nitrogen and oxygen atoms in total. The molecular weight excluding hydrogens is 629 g/mol. The summed E-state index contributed by atoms with van der Waals surface area (Å²) in [5, 5.41) is 0. The number of allylic oxidation sites excluding steroid dienone is 5. The van der Waals surface area contributed by atoms with E-state index < -0.39 is 5.41 Å². The topological polar surface area (TPSA) is 17.1 Å². The molecule has 0 saturated heterocycles. The third kappa shape index (κ3) is 4.33. The summed E-state index contributed by atoms with van der Waals surface area (Å²) < 4.78 is 0. The van der Waals surface area contributed by atoms with E-state index in [1.54, 1.807) is 0 Å². The van der Waals surface area contributed by atoms with Gasteiger partial charge in [0.05, 0.1) is 5.41 Å². The Bertz CT molecular complexity index is 2640. The summed E-state index contributed by atoms with van der Waals surface area (Å²) in [5.74, 6) is 0.00908. The minimum Gasteiger partial charge on any atom is -0.289 e. The maximum Gasteiger partial charge on any atom is 0.193 e. The molecule has 7 aromatic rings. The molecule has 0 N–H and O–H groups in total. The molecule has 0 aliphatic heterocycles. The van der Waals surface area contributed by atoms with Crippen molar-refractivity contribution in [3.05, 3.63) is 233 Å². The van der Waals surface area contributed by atoms with Crippen LogP contribution in [-0.2, 0) is 11.8 Å². The Kier molecular flexibility index (Phi) is 6.84. The van der Waals surface area contributed by atoms with Gasteiger partial charge in [0.15, 0.2) is 5.78 Å². The summed E-state index contributed by atoms with van der Waals surface area (Å²) in [7, 11) is 0. The number of carbonyl (C=O) groups is 1. The highest BCUT2D eigenvalue weighted by Gasteiger charge is 2.51. The fraction of sp³-hybridized carbons (Fsp3) is 0.0392. The zero-order chi connectivity index (χ0) is 34.8. The number of hydrogen-bond acceptors (Lipinski definition) is 1. The van der Waals surface area contributed by atoms with Crippen molar-refractivity contribution in [2.75, 3.05) is 0 Å². The van der Waals surface area contributed by atoms with E-state index in [4.69, 9.17) is 0 Å². The molecule has 52 heavy (non-hydrogen) atoms. The highest BCUT2D eigenvalue weighted by atomic mass is 16.1. The molecular formula is C51H34O. The van der Waals surface area contributed by atoms with E-state index >= 15 is 0 Å². The van der Waals surface area contributed by atoms with Crippen LogP contribution in [0.3, 0.4) is 0 Å². The predicted molar refractivity (Wildman–Crippen MR) is 215 cm³/mol. The van der Waals surface area contributed by atoms with E-state index in [1.165, 1.54) is 55.6 Å². The second-order valence-electron chi connectivity index (χ2n) is 14.0. The third-order valence-electron chi connectivity index (χ3n) is 11.3. The van der Waals surface area contributed by atoms with Crippen LogP contribution >= 0.6 is 0 Å². The van der Waals surface area contributed by atoms with Crippen LogP contribution in [0, 0.1) is 0 Å². The number of hydrogen-bond donors (Lipinski definition) is 0. The molecule has 244 valence electrons. The van der Waals surface area contributed by atoms with E-state index in [2.05, 4.69) is 176 Å². The molecule has 0 unspecified atom stereocenters. The van der Waals surface area contributed by atoms with E-state index in [0.29, 0.717) is 11.1 Å². The molecule has 7 aromatic carbocycles. The Balaban J connectivity index is 1.17. The molecule has 0 atom stereocenters. The summed E-state index contributed by atoms with van der Waals surface area (Å²) in [4.78, 5) is 14.9. The Morgan fingerprint density at radius 3 is 1.58 bits per heavy atom. The van der Waals surface area contributed by atoms with Crippen LogP contribution in [0.15, 0.2) is 189 Å². The number of rotatable bonds is 2. The van der Waals surface area contributed by atoms with Gasteiger partial charge in [-0.2, -0.15) is 0 Å². The van der Waals surface area contributed by atoms with Gasteiger partial charge < -0.3 is 0 Å². The van der Waals surface area contributed by atoms with Crippen LogP contribution < -0.4 is 0 Å². The summed E-state index contributed by atoms with van der Waals surface area (Å²) >= 11 is 0. The monoisotopic (exact) mass is 662 g/mol. The second kappa shape index (κ2) is 11.8. The van der Waals surface area contributed by atoms with Gasteiger partial charge in [-0.15, -0.1) is 0 Å². The van der Waals surface area contributed by atoms with Crippen LogP contribution in [0.1, 0.15) is 49.3 Å². The van der Waals surface area contributed by atoms with Gasteiger partial charge in [-0.25, -0.2) is 0 Å². The molecule has 0 saturated carbocycles. The van der Waals surface area contributed by atoms with E-state index in [0.717, 1.165) is 34.2 Å². The first-order chi connectivity index (χ1) is 25.6. The molecule has 3 aliphatic rings. The van der Waals surface area contributed by atoms with Gasteiger partial charge in [0.25, 0.3) is 0 Å². The second-order valence-corrected chi connectivity index (χ2v) is 14.0. The third-order valence-corrected chi connectivity index (χ3v) is 11.3. The molecule has 0 heterocycles. The van der Waals surface area contributed by atoms with Gasteiger partial charge in [0, 0.05) is 11.1 Å². The summed E-state index contributed by atoms with van der Waals surface area (Å²) in [6.07, 6.45) is 9.21. The van der Waals surface area contributed by atoms with Crippen LogP contribution in [0.5, 0.6) is 0 Å². The Hall–Kier alpha value is -6.57. The number of benzene rings is 7. The van der Waals surface area contributed by atoms with Gasteiger partial charge in [0.1, 0.15) is 0 Å². The lowest BCUT2D eigenvalue weighted by Crippen LogP contribution is -2.26. The van der Waals surface area contributed by atoms with Gasteiger partial charge in [-0.3, -0.25) is 4.79 Å². The summed E-state index contributed by atoms with van der Waals surface area (Å²) in [5.41, 5.74) is 18.3. The minimum atomic E-state index is -0.500. The first-order valence-corrected chi connectivity index (χ1v) is 18.0. The Labute approximate surface area is 304 Å². The standard InChI is InChI=1S/C51H34O/c1-33-15-3-2-4-16-34-17-5-6-19-38(34)40-29-27-35(31-45(40)39-20-8-7-18-37(33)39)50(52)36-28-30-44-43-23-11-14-26-48(43)51(49(44)32-36)46-24-12-9-21-41(46)42-22-10-13-25-47(42)51/h2-15,17-32H,1,16H2/b4-2-,15-3-. The molecule has 0 amide bonds. The molecule has 0 aromatic heterocycles. The van der Waals surface area contributed by atoms with Crippen molar-refractivity contribution in [2.24, 2.45) is 0 Å². The first kappa shape index (κ1) is 30.3. The van der Waals surface area contributed by atoms with Crippen molar-refractivity contribution in [3.8, 4) is 44.5 Å². The largest absolute Gasteiger partial charge is 0.289 e. The first-order valence-electron chi connectivity index (χ1n) is 18.0. The molecule has 10 rings (SSSR count). The number of fused-ring (bicyclic) bond motifs is 15. The van der Waals surface area contributed by atoms with Crippen LogP contribution in [0.2, 0.25) is 0 Å². The maximum absolute atomic E-state index is 14.9. The van der Waals surface area contributed by atoms with Crippen molar-refractivity contribution in [1.82, 2.24) is 0 Å². The molecule has 0 radical (unpaired) electrons. The van der Waals surface area contributed by atoms with Crippen molar-refractivity contribution < 1.29 is 4.79 Å². The fourth-order valence-corrected chi connectivity index (χ4v) is 9.04. The maximum atomic E-state index is 14.9. The Morgan fingerprint density at radius 1 is 0.442 bits per heavy atom. The van der Waals surface area contributed by atoms with Crippen molar-refractivity contribution in [2.45, 2.75) is 11.8 Å². The van der Waals surface area contributed by atoms with Crippen molar-refractivity contribution in [3.63, 3.8) is 0 Å². The van der Waals surface area contributed by atoms with Gasteiger partial charge in [-0.1, -0.05) is 176 Å². The van der Waals surface area contributed by atoms with Gasteiger partial charge >= 0.3 is 0 Å². The zero-order valence-electron chi connectivity index (χ0n) is 28.6. The van der Waals surface area contributed by atoms with Crippen molar-refractivity contribution in [1.29, 1.82) is 0 Å². The SMILES string of the molecule is C=C1/C=C\C=C/Cc2ccccc2-c2ccc(C(=O)c3ccc4c(c3)C3(c5ccccc5-c5ccccc53)c3ccccc3-4)cc2-c2ccccc21.